The SMILES string of the molecule is [CH2-]N1[C@H](C)C[C@H]1C. The second-order valence-corrected chi connectivity index (χ2v) is 2.45. The molecule has 1 fully saturated rings. The van der Waals surface area contributed by atoms with E-state index >= 15 is 0 Å². The largest absolute Gasteiger partial charge is 0.454 e. The molecule has 1 heterocycles. The van der Waals surface area contributed by atoms with Gasteiger partial charge in [-0.25, -0.2) is 0 Å². The van der Waals surface area contributed by atoms with Crippen molar-refractivity contribution < 1.29 is 0 Å². The predicted molar refractivity (Wildman–Crippen MR) is 30.7 cm³/mol. The molecule has 1 aliphatic rings. The summed E-state index contributed by atoms with van der Waals surface area (Å²) in [6.07, 6.45) is 1.32. The van der Waals surface area contributed by atoms with Crippen molar-refractivity contribution in [3.05, 3.63) is 7.05 Å². The third-order valence-electron chi connectivity index (χ3n) is 1.81. The monoisotopic (exact) mass is 98.1 g/mol. The molecule has 1 aliphatic heterocycles. The first-order valence-electron chi connectivity index (χ1n) is 2.80. The highest BCUT2D eigenvalue weighted by Gasteiger charge is 2.21. The Kier molecular flexibility index (Phi) is 1.08. The summed E-state index contributed by atoms with van der Waals surface area (Å²) in [5.74, 6) is 0. The normalized spacial score (nSPS) is 43.3. The third-order valence-corrected chi connectivity index (χ3v) is 1.81. The van der Waals surface area contributed by atoms with Gasteiger partial charge in [0.25, 0.3) is 0 Å². The lowest BCUT2D eigenvalue weighted by molar-refractivity contribution is 0.0917. The maximum Gasteiger partial charge on any atom is -0.0198 e. The van der Waals surface area contributed by atoms with Crippen molar-refractivity contribution in [3.8, 4) is 0 Å². The van der Waals surface area contributed by atoms with Crippen LogP contribution in [0.4, 0.5) is 0 Å². The van der Waals surface area contributed by atoms with Crippen LogP contribution < -0.4 is 0 Å². The highest BCUT2D eigenvalue weighted by atomic mass is 15.2. The Morgan fingerprint density at radius 2 is 1.86 bits per heavy atom. The fraction of sp³-hybridized carbons (Fsp3) is 0.833. The number of likely N-dealkylation sites (tertiary alicyclic amines) is 1. The van der Waals surface area contributed by atoms with Crippen LogP contribution in [0.25, 0.3) is 0 Å². The van der Waals surface area contributed by atoms with Crippen LogP contribution in [0.2, 0.25) is 0 Å². The average Bonchev–Trinajstić information content (AvgIpc) is 1.68. The van der Waals surface area contributed by atoms with Crippen molar-refractivity contribution >= 4 is 0 Å². The van der Waals surface area contributed by atoms with Crippen molar-refractivity contribution in [2.75, 3.05) is 0 Å². The van der Waals surface area contributed by atoms with Crippen LogP contribution in [0.15, 0.2) is 0 Å². The van der Waals surface area contributed by atoms with Gasteiger partial charge in [0.05, 0.1) is 0 Å². The minimum atomic E-state index is 0.731. The Labute approximate surface area is 45.3 Å². The molecule has 1 rings (SSSR count). The second kappa shape index (κ2) is 1.48. The predicted octanol–water partition coefficient (Wildman–Crippen LogP) is 1.26. The van der Waals surface area contributed by atoms with E-state index < -0.39 is 0 Å². The van der Waals surface area contributed by atoms with Gasteiger partial charge in [0, 0.05) is 0 Å². The summed E-state index contributed by atoms with van der Waals surface area (Å²) < 4.78 is 0. The van der Waals surface area contributed by atoms with Crippen molar-refractivity contribution in [1.82, 2.24) is 4.90 Å². The maximum absolute atomic E-state index is 3.84. The van der Waals surface area contributed by atoms with Gasteiger partial charge in [-0.2, -0.15) is 0 Å². The lowest BCUT2D eigenvalue weighted by Crippen LogP contribution is -2.48. The Hall–Kier alpha value is -0.0400. The van der Waals surface area contributed by atoms with Gasteiger partial charge in [0.2, 0.25) is 0 Å². The summed E-state index contributed by atoms with van der Waals surface area (Å²) in [5, 5.41) is 0. The van der Waals surface area contributed by atoms with Gasteiger partial charge in [-0.05, 0) is 18.5 Å². The Bertz CT molecular complexity index is 62.6. The Morgan fingerprint density at radius 1 is 1.43 bits per heavy atom. The molecule has 0 spiro atoms. The molecule has 0 bridgehead atoms. The summed E-state index contributed by atoms with van der Waals surface area (Å²) >= 11 is 0. The number of rotatable bonds is 0. The third kappa shape index (κ3) is 0.653. The molecule has 0 amide bonds. The maximum atomic E-state index is 3.84. The van der Waals surface area contributed by atoms with Crippen molar-refractivity contribution in [1.29, 1.82) is 0 Å². The lowest BCUT2D eigenvalue weighted by Gasteiger charge is -2.49. The van der Waals surface area contributed by atoms with E-state index in [0.29, 0.717) is 0 Å². The fourth-order valence-corrected chi connectivity index (χ4v) is 1.06. The zero-order valence-corrected chi connectivity index (χ0v) is 5.02. The summed E-state index contributed by atoms with van der Waals surface area (Å²) in [6, 6.07) is 1.46. The van der Waals surface area contributed by atoms with E-state index in [1.54, 1.807) is 0 Å². The van der Waals surface area contributed by atoms with Gasteiger partial charge < -0.3 is 4.90 Å². The minimum Gasteiger partial charge on any atom is -0.454 e. The van der Waals surface area contributed by atoms with Crippen LogP contribution in [-0.4, -0.2) is 17.0 Å². The second-order valence-electron chi connectivity index (χ2n) is 2.45. The van der Waals surface area contributed by atoms with E-state index in [4.69, 9.17) is 0 Å². The van der Waals surface area contributed by atoms with E-state index in [1.165, 1.54) is 6.42 Å². The molecule has 0 radical (unpaired) electrons. The van der Waals surface area contributed by atoms with Gasteiger partial charge in [-0.3, -0.25) is 7.05 Å². The van der Waals surface area contributed by atoms with Crippen LogP contribution in [0.5, 0.6) is 0 Å². The molecular formula is C6H12N-. The molecule has 0 aromatic heterocycles. The molecule has 1 heteroatoms. The minimum absolute atomic E-state index is 0.731. The molecule has 0 N–H and O–H groups in total. The van der Waals surface area contributed by atoms with Crippen molar-refractivity contribution in [2.45, 2.75) is 32.4 Å². The number of nitrogens with zero attached hydrogens (tertiary/aromatic N) is 1. The summed E-state index contributed by atoms with van der Waals surface area (Å²) in [4.78, 5) is 2.14. The first kappa shape index (κ1) is 5.10. The molecule has 0 aromatic rings. The molecule has 0 aromatic carbocycles. The molecule has 1 nitrogen and oxygen atoms in total. The number of hydrogen-bond acceptors (Lipinski definition) is 1. The standard InChI is InChI=1S/C6H12N/c1-5-4-6(2)7(5)3/h5-6H,3-4H2,1-2H3/q-1/t5-,6-/m1/s1. The lowest BCUT2D eigenvalue weighted by atomic mass is 9.98. The van der Waals surface area contributed by atoms with Crippen molar-refractivity contribution in [2.24, 2.45) is 0 Å². The van der Waals surface area contributed by atoms with Gasteiger partial charge in [0.15, 0.2) is 0 Å². The summed E-state index contributed by atoms with van der Waals surface area (Å²) in [6.45, 7) is 4.40. The van der Waals surface area contributed by atoms with Gasteiger partial charge in [-0.15, -0.1) is 0 Å². The Morgan fingerprint density at radius 3 is 1.86 bits per heavy atom. The topological polar surface area (TPSA) is 3.24 Å². The van der Waals surface area contributed by atoms with Crippen LogP contribution in [0, 0.1) is 7.05 Å². The molecule has 0 unspecified atom stereocenters. The first-order valence-corrected chi connectivity index (χ1v) is 2.80. The molecular weight excluding hydrogens is 86.1 g/mol. The van der Waals surface area contributed by atoms with Crippen LogP contribution in [0.1, 0.15) is 20.3 Å². The smallest absolute Gasteiger partial charge is 0.0198 e. The summed E-state index contributed by atoms with van der Waals surface area (Å²) in [7, 11) is 3.84. The zero-order valence-electron chi connectivity index (χ0n) is 5.02. The van der Waals surface area contributed by atoms with Crippen LogP contribution >= 0.6 is 0 Å². The Balaban J connectivity index is 2.29. The molecule has 1 saturated heterocycles. The van der Waals surface area contributed by atoms with E-state index in [0.717, 1.165) is 12.1 Å². The molecule has 42 valence electrons. The molecule has 0 saturated carbocycles. The number of hydrogen-bond donors (Lipinski definition) is 0. The molecule has 2 atom stereocenters. The van der Waals surface area contributed by atoms with Crippen LogP contribution in [0.3, 0.4) is 0 Å². The summed E-state index contributed by atoms with van der Waals surface area (Å²) in [5.41, 5.74) is 0. The fourth-order valence-electron chi connectivity index (χ4n) is 1.06. The van der Waals surface area contributed by atoms with E-state index in [-0.39, 0.29) is 0 Å². The highest BCUT2D eigenvalue weighted by molar-refractivity contribution is 4.85. The van der Waals surface area contributed by atoms with E-state index in [9.17, 15) is 0 Å². The quantitative estimate of drug-likeness (QED) is 0.412. The van der Waals surface area contributed by atoms with E-state index in [1.807, 2.05) is 0 Å². The van der Waals surface area contributed by atoms with Crippen LogP contribution in [-0.2, 0) is 0 Å². The first-order chi connectivity index (χ1) is 3.22. The van der Waals surface area contributed by atoms with Crippen molar-refractivity contribution in [3.63, 3.8) is 0 Å². The molecule has 0 aliphatic carbocycles. The highest BCUT2D eigenvalue weighted by Crippen LogP contribution is 2.22. The van der Waals surface area contributed by atoms with Gasteiger partial charge in [-0.1, -0.05) is 13.8 Å². The van der Waals surface area contributed by atoms with Gasteiger partial charge >= 0.3 is 0 Å². The average molecular weight is 98.2 g/mol. The zero-order chi connectivity index (χ0) is 5.44. The molecule has 7 heavy (non-hydrogen) atoms. The van der Waals surface area contributed by atoms with E-state index in [2.05, 4.69) is 25.8 Å². The van der Waals surface area contributed by atoms with Gasteiger partial charge in [0.1, 0.15) is 0 Å².